The van der Waals surface area contributed by atoms with E-state index in [2.05, 4.69) is 15.2 Å². The van der Waals surface area contributed by atoms with E-state index in [0.717, 1.165) is 62.2 Å². The number of carbonyl (C=O) groups is 1. The summed E-state index contributed by atoms with van der Waals surface area (Å²) < 4.78 is 17.4. The van der Waals surface area contributed by atoms with Gasteiger partial charge in [0.2, 0.25) is 0 Å². The standard InChI is InChI=1S/C23H23N3O4/c27-21(16-2-4-19-15(12-16)6-10-28-19)24-17-3-5-20-18(13-17)25-22(30-20)26-9-1-7-23(14-26)8-11-29-23/h2-5,12-13H,1,6-11,14H2,(H,24,27). The van der Waals surface area contributed by atoms with Gasteiger partial charge in [-0.25, -0.2) is 0 Å². The average molecular weight is 405 g/mol. The number of piperidine rings is 1. The smallest absolute Gasteiger partial charge is 0.298 e. The first-order chi connectivity index (χ1) is 14.7. The minimum absolute atomic E-state index is 0.0149. The Labute approximate surface area is 174 Å². The van der Waals surface area contributed by atoms with Crippen LogP contribution in [0.2, 0.25) is 0 Å². The van der Waals surface area contributed by atoms with E-state index in [-0.39, 0.29) is 11.5 Å². The predicted octanol–water partition coefficient (Wildman–Crippen LogP) is 3.77. The van der Waals surface area contributed by atoms with Crippen LogP contribution in [0.1, 0.15) is 35.2 Å². The zero-order valence-electron chi connectivity index (χ0n) is 16.6. The maximum Gasteiger partial charge on any atom is 0.298 e. The minimum atomic E-state index is -0.145. The first kappa shape index (κ1) is 17.8. The zero-order valence-corrected chi connectivity index (χ0v) is 16.6. The summed E-state index contributed by atoms with van der Waals surface area (Å²) in [4.78, 5) is 19.6. The molecule has 1 N–H and O–H groups in total. The first-order valence-corrected chi connectivity index (χ1v) is 10.5. The monoisotopic (exact) mass is 405 g/mol. The number of anilines is 2. The molecular formula is C23H23N3O4. The van der Waals surface area contributed by atoms with Gasteiger partial charge < -0.3 is 24.1 Å². The van der Waals surface area contributed by atoms with Crippen LogP contribution in [0.4, 0.5) is 11.7 Å². The largest absolute Gasteiger partial charge is 0.493 e. The second-order valence-electron chi connectivity index (χ2n) is 8.36. The summed E-state index contributed by atoms with van der Waals surface area (Å²) in [5.74, 6) is 0.725. The van der Waals surface area contributed by atoms with Gasteiger partial charge in [0, 0.05) is 30.6 Å². The highest BCUT2D eigenvalue weighted by atomic mass is 16.5. The van der Waals surface area contributed by atoms with Crippen molar-refractivity contribution < 1.29 is 18.7 Å². The number of benzene rings is 2. The number of fused-ring (bicyclic) bond motifs is 2. The van der Waals surface area contributed by atoms with Gasteiger partial charge in [-0.2, -0.15) is 4.98 Å². The predicted molar refractivity (Wildman–Crippen MR) is 112 cm³/mol. The molecule has 1 aromatic heterocycles. The molecule has 3 aromatic rings. The lowest BCUT2D eigenvalue weighted by atomic mass is 9.86. The van der Waals surface area contributed by atoms with Crippen LogP contribution in [0.5, 0.6) is 5.75 Å². The van der Waals surface area contributed by atoms with Gasteiger partial charge in [0.15, 0.2) is 5.58 Å². The molecule has 0 saturated carbocycles. The molecule has 2 fully saturated rings. The van der Waals surface area contributed by atoms with Gasteiger partial charge in [-0.1, -0.05) is 0 Å². The third-order valence-corrected chi connectivity index (χ3v) is 6.36. The molecule has 3 aliphatic heterocycles. The number of rotatable bonds is 3. The molecule has 0 radical (unpaired) electrons. The fourth-order valence-electron chi connectivity index (χ4n) is 4.63. The molecule has 7 heteroatoms. The number of ether oxygens (including phenoxy) is 2. The number of amides is 1. The van der Waals surface area contributed by atoms with Crippen LogP contribution in [0.15, 0.2) is 40.8 Å². The van der Waals surface area contributed by atoms with E-state index < -0.39 is 0 Å². The van der Waals surface area contributed by atoms with E-state index in [4.69, 9.17) is 13.9 Å². The Kier molecular flexibility index (Phi) is 3.99. The van der Waals surface area contributed by atoms with Crippen molar-refractivity contribution in [1.82, 2.24) is 4.98 Å². The Balaban J connectivity index is 1.21. The number of oxazole rings is 1. The molecule has 1 atom stereocenters. The van der Waals surface area contributed by atoms with Crippen molar-refractivity contribution in [3.05, 3.63) is 47.5 Å². The van der Waals surface area contributed by atoms with Gasteiger partial charge in [-0.05, 0) is 54.8 Å². The second-order valence-corrected chi connectivity index (χ2v) is 8.36. The average Bonchev–Trinajstić information content (AvgIpc) is 3.38. The van der Waals surface area contributed by atoms with Crippen molar-refractivity contribution in [2.75, 3.05) is 36.5 Å². The quantitative estimate of drug-likeness (QED) is 0.715. The highest BCUT2D eigenvalue weighted by Crippen LogP contribution is 2.37. The van der Waals surface area contributed by atoms with Gasteiger partial charge in [-0.3, -0.25) is 4.79 Å². The van der Waals surface area contributed by atoms with Gasteiger partial charge >= 0.3 is 0 Å². The number of nitrogens with zero attached hydrogens (tertiary/aromatic N) is 2. The molecule has 2 aromatic carbocycles. The van der Waals surface area contributed by atoms with Crippen molar-refractivity contribution in [2.45, 2.75) is 31.3 Å². The number of hydrogen-bond donors (Lipinski definition) is 1. The summed E-state index contributed by atoms with van der Waals surface area (Å²) in [6, 6.07) is 11.7. The van der Waals surface area contributed by atoms with Crippen LogP contribution in [0.25, 0.3) is 11.1 Å². The molecular weight excluding hydrogens is 382 g/mol. The van der Waals surface area contributed by atoms with E-state index in [1.807, 2.05) is 30.3 Å². The van der Waals surface area contributed by atoms with Gasteiger partial charge in [0.25, 0.3) is 11.9 Å². The molecule has 1 amide bonds. The number of nitrogens with one attached hydrogen (secondary N) is 1. The Morgan fingerprint density at radius 3 is 2.93 bits per heavy atom. The summed E-state index contributed by atoms with van der Waals surface area (Å²) in [6.45, 7) is 3.27. The lowest BCUT2D eigenvalue weighted by Gasteiger charge is -2.48. The Bertz CT molecular complexity index is 1130. The normalized spacial score (nSPS) is 22.6. The fourth-order valence-corrected chi connectivity index (χ4v) is 4.63. The van der Waals surface area contributed by atoms with Gasteiger partial charge in [-0.15, -0.1) is 0 Å². The van der Waals surface area contributed by atoms with Crippen LogP contribution in [-0.4, -0.2) is 42.8 Å². The number of carbonyl (C=O) groups excluding carboxylic acids is 1. The van der Waals surface area contributed by atoms with Crippen molar-refractivity contribution >= 4 is 28.7 Å². The highest BCUT2D eigenvalue weighted by molar-refractivity contribution is 6.05. The topological polar surface area (TPSA) is 76.8 Å². The zero-order chi connectivity index (χ0) is 20.1. The Morgan fingerprint density at radius 1 is 1.13 bits per heavy atom. The van der Waals surface area contributed by atoms with Crippen molar-refractivity contribution in [2.24, 2.45) is 0 Å². The van der Waals surface area contributed by atoms with Crippen LogP contribution in [-0.2, 0) is 11.2 Å². The van der Waals surface area contributed by atoms with Gasteiger partial charge in [0.1, 0.15) is 11.3 Å². The second kappa shape index (κ2) is 6.74. The summed E-state index contributed by atoms with van der Waals surface area (Å²) >= 11 is 0. The molecule has 3 aliphatic rings. The first-order valence-electron chi connectivity index (χ1n) is 10.5. The van der Waals surface area contributed by atoms with E-state index in [1.54, 1.807) is 6.07 Å². The summed E-state index contributed by atoms with van der Waals surface area (Å²) in [6.07, 6.45) is 4.13. The summed E-state index contributed by atoms with van der Waals surface area (Å²) in [5, 5.41) is 2.97. The molecule has 154 valence electrons. The molecule has 1 spiro atoms. The number of aromatic nitrogens is 1. The molecule has 7 nitrogen and oxygen atoms in total. The third-order valence-electron chi connectivity index (χ3n) is 6.36. The van der Waals surface area contributed by atoms with Crippen LogP contribution < -0.4 is 15.0 Å². The molecule has 4 heterocycles. The minimum Gasteiger partial charge on any atom is -0.493 e. The number of hydrogen-bond acceptors (Lipinski definition) is 6. The van der Waals surface area contributed by atoms with Crippen molar-refractivity contribution in [1.29, 1.82) is 0 Å². The molecule has 30 heavy (non-hydrogen) atoms. The van der Waals surface area contributed by atoms with Crippen LogP contribution in [0, 0.1) is 0 Å². The highest BCUT2D eigenvalue weighted by Gasteiger charge is 2.43. The Hall–Kier alpha value is -3.06. The lowest BCUT2D eigenvalue weighted by Crippen LogP contribution is -2.56. The summed E-state index contributed by atoms with van der Waals surface area (Å²) in [7, 11) is 0. The van der Waals surface area contributed by atoms with E-state index in [0.29, 0.717) is 29.5 Å². The fraction of sp³-hybridized carbons (Fsp3) is 0.391. The van der Waals surface area contributed by atoms with Crippen LogP contribution >= 0.6 is 0 Å². The maximum absolute atomic E-state index is 12.7. The van der Waals surface area contributed by atoms with Crippen molar-refractivity contribution in [3.63, 3.8) is 0 Å². The molecule has 2 saturated heterocycles. The molecule has 0 aliphatic carbocycles. The van der Waals surface area contributed by atoms with Crippen molar-refractivity contribution in [3.8, 4) is 5.75 Å². The van der Waals surface area contributed by atoms with E-state index in [9.17, 15) is 4.79 Å². The van der Waals surface area contributed by atoms with E-state index in [1.165, 1.54) is 0 Å². The summed E-state index contributed by atoms with van der Waals surface area (Å²) in [5.41, 5.74) is 3.83. The van der Waals surface area contributed by atoms with Crippen LogP contribution in [0.3, 0.4) is 0 Å². The SMILES string of the molecule is O=C(Nc1ccc2oc(N3CCCC4(CCO4)C3)nc2c1)c1ccc2c(c1)CCO2. The van der Waals surface area contributed by atoms with E-state index >= 15 is 0 Å². The van der Waals surface area contributed by atoms with Gasteiger partial charge in [0.05, 0.1) is 25.4 Å². The molecule has 1 unspecified atom stereocenters. The third kappa shape index (κ3) is 3.01. The lowest BCUT2D eigenvalue weighted by molar-refractivity contribution is -0.151. The Morgan fingerprint density at radius 2 is 2.07 bits per heavy atom. The molecule has 0 bridgehead atoms. The molecule has 6 rings (SSSR count). The maximum atomic E-state index is 12.7.